The molecule has 0 bridgehead atoms. The summed E-state index contributed by atoms with van der Waals surface area (Å²) in [7, 11) is 1.47. The van der Waals surface area contributed by atoms with E-state index in [-0.39, 0.29) is 6.04 Å². The first-order valence-electron chi connectivity index (χ1n) is 6.79. The molecule has 0 aromatic rings. The molecule has 18 heavy (non-hydrogen) atoms. The van der Waals surface area contributed by atoms with Crippen molar-refractivity contribution in [2.24, 2.45) is 0 Å². The van der Waals surface area contributed by atoms with Gasteiger partial charge in [0.25, 0.3) is 0 Å². The molecule has 5 nitrogen and oxygen atoms in total. The zero-order valence-electron chi connectivity index (χ0n) is 11.4. The standard InChI is InChI=1S/C12H25N3O2S/c1-14(2)12-4-7-15(9-12)6-3-11-10-18(16,17)8-5-13-11/h11-13H,3-10H2,1-2H3. The second kappa shape index (κ2) is 5.86. The van der Waals surface area contributed by atoms with E-state index < -0.39 is 9.84 Å². The van der Waals surface area contributed by atoms with Crippen molar-refractivity contribution >= 4 is 9.84 Å². The maximum atomic E-state index is 11.5. The van der Waals surface area contributed by atoms with E-state index in [1.807, 2.05) is 0 Å². The van der Waals surface area contributed by atoms with Crippen LogP contribution in [0.3, 0.4) is 0 Å². The van der Waals surface area contributed by atoms with E-state index in [0.717, 1.165) is 26.1 Å². The van der Waals surface area contributed by atoms with Crippen molar-refractivity contribution in [3.05, 3.63) is 0 Å². The summed E-state index contributed by atoms with van der Waals surface area (Å²) < 4.78 is 23.1. The van der Waals surface area contributed by atoms with Crippen molar-refractivity contribution in [3.63, 3.8) is 0 Å². The first-order chi connectivity index (χ1) is 8.46. The average molecular weight is 275 g/mol. The molecule has 0 aromatic carbocycles. The summed E-state index contributed by atoms with van der Waals surface area (Å²) in [6, 6.07) is 0.815. The fourth-order valence-electron chi connectivity index (χ4n) is 2.83. The van der Waals surface area contributed by atoms with E-state index in [1.54, 1.807) is 0 Å². The molecule has 0 spiro atoms. The normalized spacial score (nSPS) is 33.1. The molecule has 0 aromatic heterocycles. The highest BCUT2D eigenvalue weighted by molar-refractivity contribution is 7.91. The van der Waals surface area contributed by atoms with Crippen LogP contribution in [0.1, 0.15) is 12.8 Å². The molecule has 2 heterocycles. The van der Waals surface area contributed by atoms with Crippen molar-refractivity contribution in [3.8, 4) is 0 Å². The predicted octanol–water partition coefficient (Wildman–Crippen LogP) is -0.601. The van der Waals surface area contributed by atoms with Crippen LogP contribution in [0.5, 0.6) is 0 Å². The zero-order valence-corrected chi connectivity index (χ0v) is 12.2. The third-order valence-corrected chi connectivity index (χ3v) is 5.81. The van der Waals surface area contributed by atoms with Crippen LogP contribution in [0, 0.1) is 0 Å². The second-order valence-electron chi connectivity index (χ2n) is 5.76. The van der Waals surface area contributed by atoms with Crippen molar-refractivity contribution in [1.29, 1.82) is 0 Å². The Kier molecular flexibility index (Phi) is 4.64. The molecular weight excluding hydrogens is 250 g/mol. The van der Waals surface area contributed by atoms with Crippen molar-refractivity contribution in [2.45, 2.75) is 24.9 Å². The molecule has 2 saturated heterocycles. The largest absolute Gasteiger partial charge is 0.312 e. The van der Waals surface area contributed by atoms with Crippen LogP contribution in [-0.2, 0) is 9.84 Å². The molecule has 2 fully saturated rings. The number of hydrogen-bond donors (Lipinski definition) is 1. The van der Waals surface area contributed by atoms with Gasteiger partial charge in [0.2, 0.25) is 0 Å². The lowest BCUT2D eigenvalue weighted by Gasteiger charge is -2.26. The van der Waals surface area contributed by atoms with Gasteiger partial charge in [-0.25, -0.2) is 8.42 Å². The molecule has 2 rings (SSSR count). The maximum Gasteiger partial charge on any atom is 0.153 e. The topological polar surface area (TPSA) is 52.7 Å². The minimum Gasteiger partial charge on any atom is -0.312 e. The van der Waals surface area contributed by atoms with Crippen LogP contribution in [0.4, 0.5) is 0 Å². The second-order valence-corrected chi connectivity index (χ2v) is 7.99. The van der Waals surface area contributed by atoms with Gasteiger partial charge in [-0.05, 0) is 40.0 Å². The fraction of sp³-hybridized carbons (Fsp3) is 1.00. The van der Waals surface area contributed by atoms with Gasteiger partial charge in [-0.2, -0.15) is 0 Å². The van der Waals surface area contributed by atoms with E-state index in [2.05, 4.69) is 29.2 Å². The molecule has 6 heteroatoms. The first-order valence-corrected chi connectivity index (χ1v) is 8.61. The molecule has 2 atom stereocenters. The quantitative estimate of drug-likeness (QED) is 0.742. The molecule has 0 amide bonds. The molecule has 2 aliphatic rings. The Bertz CT molecular complexity index is 370. The number of likely N-dealkylation sites (N-methyl/N-ethyl adjacent to an activating group) is 1. The van der Waals surface area contributed by atoms with Gasteiger partial charge in [-0.15, -0.1) is 0 Å². The molecular formula is C12H25N3O2S. The number of hydrogen-bond acceptors (Lipinski definition) is 5. The highest BCUT2D eigenvalue weighted by Gasteiger charge is 2.27. The molecule has 2 aliphatic heterocycles. The van der Waals surface area contributed by atoms with Crippen molar-refractivity contribution < 1.29 is 8.42 Å². The summed E-state index contributed by atoms with van der Waals surface area (Å²) in [6.07, 6.45) is 2.17. The lowest BCUT2D eigenvalue weighted by atomic mass is 10.2. The van der Waals surface area contributed by atoms with Crippen molar-refractivity contribution in [2.75, 3.05) is 51.8 Å². The van der Waals surface area contributed by atoms with Crippen LogP contribution in [0.15, 0.2) is 0 Å². The third-order valence-electron chi connectivity index (χ3n) is 4.07. The van der Waals surface area contributed by atoms with Crippen molar-refractivity contribution in [1.82, 2.24) is 15.1 Å². The van der Waals surface area contributed by atoms with E-state index in [4.69, 9.17) is 0 Å². The van der Waals surface area contributed by atoms with Gasteiger partial charge in [-0.1, -0.05) is 0 Å². The van der Waals surface area contributed by atoms with Gasteiger partial charge >= 0.3 is 0 Å². The monoisotopic (exact) mass is 275 g/mol. The number of rotatable bonds is 4. The Labute approximate surface area is 110 Å². The van der Waals surface area contributed by atoms with Gasteiger partial charge in [0, 0.05) is 25.2 Å². The molecule has 1 N–H and O–H groups in total. The van der Waals surface area contributed by atoms with Crippen LogP contribution in [-0.4, -0.2) is 82.1 Å². The van der Waals surface area contributed by atoms with Gasteiger partial charge < -0.3 is 15.1 Å². The summed E-state index contributed by atoms with van der Waals surface area (Å²) in [5.74, 6) is 0.619. The Morgan fingerprint density at radius 3 is 2.78 bits per heavy atom. The smallest absolute Gasteiger partial charge is 0.153 e. The Balaban J connectivity index is 1.72. The summed E-state index contributed by atoms with van der Waals surface area (Å²) in [5, 5.41) is 3.32. The molecule has 0 saturated carbocycles. The SMILES string of the molecule is CN(C)C1CCN(CCC2CS(=O)(=O)CCN2)C1. The Hall–Kier alpha value is -0.170. The summed E-state index contributed by atoms with van der Waals surface area (Å²) in [4.78, 5) is 4.73. The summed E-state index contributed by atoms with van der Waals surface area (Å²) >= 11 is 0. The number of nitrogens with zero attached hydrogens (tertiary/aromatic N) is 2. The number of nitrogens with one attached hydrogen (secondary N) is 1. The summed E-state index contributed by atoms with van der Waals surface area (Å²) in [6.45, 7) is 3.89. The van der Waals surface area contributed by atoms with Gasteiger partial charge in [0.05, 0.1) is 11.5 Å². The summed E-state index contributed by atoms with van der Waals surface area (Å²) in [5.41, 5.74) is 0. The first kappa shape index (κ1) is 14.2. The number of sulfone groups is 1. The Morgan fingerprint density at radius 2 is 2.17 bits per heavy atom. The molecule has 0 aliphatic carbocycles. The third kappa shape index (κ3) is 3.91. The predicted molar refractivity (Wildman–Crippen MR) is 73.6 cm³/mol. The van der Waals surface area contributed by atoms with E-state index in [0.29, 0.717) is 24.1 Å². The van der Waals surface area contributed by atoms with Crippen LogP contribution in [0.2, 0.25) is 0 Å². The average Bonchev–Trinajstić information content (AvgIpc) is 2.74. The fourth-order valence-corrected chi connectivity index (χ4v) is 4.32. The van der Waals surface area contributed by atoms with E-state index >= 15 is 0 Å². The highest BCUT2D eigenvalue weighted by atomic mass is 32.2. The van der Waals surface area contributed by atoms with Gasteiger partial charge in [0.15, 0.2) is 9.84 Å². The maximum absolute atomic E-state index is 11.5. The van der Waals surface area contributed by atoms with Crippen LogP contribution >= 0.6 is 0 Å². The lowest BCUT2D eigenvalue weighted by molar-refractivity contribution is 0.261. The minimum absolute atomic E-state index is 0.155. The van der Waals surface area contributed by atoms with Crippen LogP contribution in [0.25, 0.3) is 0 Å². The minimum atomic E-state index is -2.79. The Morgan fingerprint density at radius 1 is 1.39 bits per heavy atom. The van der Waals surface area contributed by atoms with E-state index in [9.17, 15) is 8.42 Å². The zero-order chi connectivity index (χ0) is 13.2. The molecule has 106 valence electrons. The van der Waals surface area contributed by atoms with Gasteiger partial charge in [0.1, 0.15) is 0 Å². The van der Waals surface area contributed by atoms with Gasteiger partial charge in [-0.3, -0.25) is 0 Å². The number of likely N-dealkylation sites (tertiary alicyclic amines) is 1. The molecule has 2 unspecified atom stereocenters. The van der Waals surface area contributed by atoms with E-state index in [1.165, 1.54) is 6.42 Å². The lowest BCUT2D eigenvalue weighted by Crippen LogP contribution is -2.46. The van der Waals surface area contributed by atoms with Crippen LogP contribution < -0.4 is 5.32 Å². The highest BCUT2D eigenvalue weighted by Crippen LogP contribution is 2.14. The molecule has 0 radical (unpaired) electrons.